The van der Waals surface area contributed by atoms with E-state index in [9.17, 15) is 15.0 Å². The number of hydrogen-bond acceptors (Lipinski definition) is 4. The van der Waals surface area contributed by atoms with Crippen LogP contribution < -0.4 is 5.32 Å². The Kier molecular flexibility index (Phi) is 3.46. The molecule has 126 valence electrons. The zero-order chi connectivity index (χ0) is 17.6. The zero-order valence-corrected chi connectivity index (χ0v) is 13.6. The number of nitrogens with one attached hydrogen (secondary N) is 1. The minimum Gasteiger partial charge on any atom is -0.504 e. The van der Waals surface area contributed by atoms with Gasteiger partial charge in [0, 0.05) is 17.9 Å². The molecule has 0 radical (unpaired) electrons. The molecule has 1 aliphatic rings. The van der Waals surface area contributed by atoms with Crippen molar-refractivity contribution in [2.24, 2.45) is 0 Å². The highest BCUT2D eigenvalue weighted by Crippen LogP contribution is 2.41. The van der Waals surface area contributed by atoms with E-state index in [1.807, 2.05) is 37.3 Å². The second kappa shape index (κ2) is 5.66. The Morgan fingerprint density at radius 1 is 1.12 bits per heavy atom. The Hall–Kier alpha value is -3.28. The Balaban J connectivity index is 1.88. The first-order valence-corrected chi connectivity index (χ1v) is 8.01. The summed E-state index contributed by atoms with van der Waals surface area (Å²) in [6, 6.07) is 14.3. The van der Waals surface area contributed by atoms with Crippen LogP contribution in [0.2, 0.25) is 0 Å². The monoisotopic (exact) mass is 335 g/mol. The number of phenolic OH excluding ortho intramolecular Hbond substituents is 2. The molecular weight excluding hydrogens is 318 g/mol. The lowest BCUT2D eigenvalue weighted by atomic mass is 9.85. The van der Waals surface area contributed by atoms with E-state index in [1.54, 1.807) is 10.7 Å². The van der Waals surface area contributed by atoms with E-state index in [0.717, 1.165) is 22.5 Å². The van der Waals surface area contributed by atoms with Crippen molar-refractivity contribution in [1.29, 1.82) is 0 Å². The smallest absolute Gasteiger partial charge is 0.226 e. The number of anilines is 1. The van der Waals surface area contributed by atoms with Crippen molar-refractivity contribution in [3.63, 3.8) is 0 Å². The second-order valence-electron chi connectivity index (χ2n) is 6.15. The van der Waals surface area contributed by atoms with Crippen LogP contribution in [0.25, 0.3) is 5.69 Å². The Bertz CT molecular complexity index is 964. The van der Waals surface area contributed by atoms with Crippen LogP contribution in [0.3, 0.4) is 0 Å². The summed E-state index contributed by atoms with van der Waals surface area (Å²) in [5.74, 6) is -0.0635. The van der Waals surface area contributed by atoms with E-state index < -0.39 is 0 Å². The van der Waals surface area contributed by atoms with Crippen molar-refractivity contribution in [2.45, 2.75) is 19.3 Å². The molecule has 0 aliphatic carbocycles. The second-order valence-corrected chi connectivity index (χ2v) is 6.15. The molecule has 25 heavy (non-hydrogen) atoms. The third-order valence-electron chi connectivity index (χ3n) is 4.51. The predicted octanol–water partition coefficient (Wildman–Crippen LogP) is 3.07. The van der Waals surface area contributed by atoms with Crippen molar-refractivity contribution < 1.29 is 15.0 Å². The highest BCUT2D eigenvalue weighted by molar-refractivity contribution is 5.95. The molecule has 2 aromatic carbocycles. The Morgan fingerprint density at radius 3 is 2.60 bits per heavy atom. The van der Waals surface area contributed by atoms with Crippen molar-refractivity contribution in [3.8, 4) is 17.2 Å². The first-order valence-electron chi connectivity index (χ1n) is 8.01. The van der Waals surface area contributed by atoms with E-state index in [1.165, 1.54) is 12.1 Å². The van der Waals surface area contributed by atoms with E-state index in [4.69, 9.17) is 0 Å². The molecule has 0 fully saturated rings. The maximum absolute atomic E-state index is 12.3. The average Bonchev–Trinajstić information content (AvgIpc) is 2.94. The number of aromatic hydroxyl groups is 2. The van der Waals surface area contributed by atoms with Crippen molar-refractivity contribution in [2.75, 3.05) is 5.32 Å². The van der Waals surface area contributed by atoms with Crippen LogP contribution in [0, 0.1) is 6.92 Å². The molecule has 4 rings (SSSR count). The van der Waals surface area contributed by atoms with E-state index in [2.05, 4.69) is 10.4 Å². The fraction of sp³-hybridized carbons (Fsp3) is 0.158. The third-order valence-corrected chi connectivity index (χ3v) is 4.51. The molecule has 1 amide bonds. The summed E-state index contributed by atoms with van der Waals surface area (Å²) in [5, 5.41) is 26.9. The van der Waals surface area contributed by atoms with Crippen LogP contribution in [-0.4, -0.2) is 25.9 Å². The molecule has 1 aromatic heterocycles. The topological polar surface area (TPSA) is 87.4 Å². The van der Waals surface area contributed by atoms with Gasteiger partial charge in [0.15, 0.2) is 11.5 Å². The lowest BCUT2D eigenvalue weighted by Gasteiger charge is -2.24. The van der Waals surface area contributed by atoms with E-state index >= 15 is 0 Å². The molecule has 0 saturated carbocycles. The molecule has 6 nitrogen and oxygen atoms in total. The van der Waals surface area contributed by atoms with E-state index in [0.29, 0.717) is 5.82 Å². The predicted molar refractivity (Wildman–Crippen MR) is 93.2 cm³/mol. The number of carbonyl (C=O) groups is 1. The van der Waals surface area contributed by atoms with Crippen LogP contribution in [0.1, 0.15) is 29.2 Å². The average molecular weight is 335 g/mol. The molecule has 2 heterocycles. The van der Waals surface area contributed by atoms with Gasteiger partial charge in [0.05, 0.1) is 11.4 Å². The fourth-order valence-electron chi connectivity index (χ4n) is 3.35. The molecule has 0 spiro atoms. The molecule has 0 saturated heterocycles. The lowest BCUT2D eigenvalue weighted by molar-refractivity contribution is -0.116. The van der Waals surface area contributed by atoms with Crippen molar-refractivity contribution in [3.05, 3.63) is 65.4 Å². The van der Waals surface area contributed by atoms with Gasteiger partial charge in [0.1, 0.15) is 5.82 Å². The molecule has 1 atom stereocenters. The number of carbonyl (C=O) groups excluding carboxylic acids is 1. The van der Waals surface area contributed by atoms with Crippen LogP contribution in [-0.2, 0) is 4.79 Å². The standard InChI is InChI=1S/C19H17N3O3/c1-11-18-14(12-7-8-15(23)16(24)9-12)10-17(25)20-19(18)22(21-11)13-5-3-2-4-6-13/h2-9,14,23-24H,10H2,1H3,(H,20,25)/t14-/m1/s1. The van der Waals surface area contributed by atoms with Crippen molar-refractivity contribution >= 4 is 11.7 Å². The summed E-state index contributed by atoms with van der Waals surface area (Å²) in [4.78, 5) is 12.3. The molecule has 3 aromatic rings. The Labute approximate surface area is 144 Å². The molecule has 0 bridgehead atoms. The van der Waals surface area contributed by atoms with Gasteiger partial charge in [-0.2, -0.15) is 5.10 Å². The maximum atomic E-state index is 12.3. The quantitative estimate of drug-likeness (QED) is 0.628. The number of fused-ring (bicyclic) bond motifs is 1. The first kappa shape index (κ1) is 15.3. The summed E-state index contributed by atoms with van der Waals surface area (Å²) in [6.45, 7) is 1.91. The maximum Gasteiger partial charge on any atom is 0.226 e. The fourth-order valence-corrected chi connectivity index (χ4v) is 3.35. The molecule has 3 N–H and O–H groups in total. The molecular formula is C19H17N3O3. The first-order chi connectivity index (χ1) is 12.0. The van der Waals surface area contributed by atoms with Gasteiger partial charge in [-0.1, -0.05) is 24.3 Å². The van der Waals surface area contributed by atoms with Gasteiger partial charge in [-0.3, -0.25) is 4.79 Å². The Morgan fingerprint density at radius 2 is 1.88 bits per heavy atom. The van der Waals surface area contributed by atoms with Gasteiger partial charge in [-0.25, -0.2) is 4.68 Å². The van der Waals surface area contributed by atoms with Gasteiger partial charge < -0.3 is 15.5 Å². The lowest BCUT2D eigenvalue weighted by Crippen LogP contribution is -2.24. The number of amides is 1. The number of phenols is 2. The van der Waals surface area contributed by atoms with Gasteiger partial charge in [0.25, 0.3) is 0 Å². The normalized spacial score (nSPS) is 16.4. The number of aromatic nitrogens is 2. The summed E-state index contributed by atoms with van der Waals surface area (Å²) in [6.07, 6.45) is 0.262. The highest BCUT2D eigenvalue weighted by Gasteiger charge is 2.32. The van der Waals surface area contributed by atoms with Gasteiger partial charge in [0.2, 0.25) is 5.91 Å². The summed E-state index contributed by atoms with van der Waals surface area (Å²) >= 11 is 0. The number of para-hydroxylation sites is 1. The van der Waals surface area contributed by atoms with Gasteiger partial charge in [-0.15, -0.1) is 0 Å². The van der Waals surface area contributed by atoms with E-state index in [-0.39, 0.29) is 29.7 Å². The number of hydrogen-bond donors (Lipinski definition) is 3. The minimum atomic E-state index is -0.229. The van der Waals surface area contributed by atoms with Gasteiger partial charge in [-0.05, 0) is 36.8 Å². The van der Waals surface area contributed by atoms with Crippen molar-refractivity contribution in [1.82, 2.24) is 9.78 Å². The highest BCUT2D eigenvalue weighted by atomic mass is 16.3. The minimum absolute atomic E-state index is 0.109. The largest absolute Gasteiger partial charge is 0.504 e. The zero-order valence-electron chi connectivity index (χ0n) is 13.6. The van der Waals surface area contributed by atoms with Gasteiger partial charge >= 0.3 is 0 Å². The van der Waals surface area contributed by atoms with Crippen LogP contribution in [0.15, 0.2) is 48.5 Å². The van der Waals surface area contributed by atoms with Crippen LogP contribution >= 0.6 is 0 Å². The molecule has 0 unspecified atom stereocenters. The van der Waals surface area contributed by atoms with Crippen LogP contribution in [0.5, 0.6) is 11.5 Å². The number of benzene rings is 2. The third kappa shape index (κ3) is 2.52. The van der Waals surface area contributed by atoms with Crippen LogP contribution in [0.4, 0.5) is 5.82 Å². The molecule has 6 heteroatoms. The number of rotatable bonds is 2. The summed E-state index contributed by atoms with van der Waals surface area (Å²) in [5.41, 5.74) is 3.37. The SMILES string of the molecule is Cc1nn(-c2ccccc2)c2c1[C@@H](c1ccc(O)c(O)c1)CC(=O)N2. The number of nitrogens with zero attached hydrogens (tertiary/aromatic N) is 2. The summed E-state index contributed by atoms with van der Waals surface area (Å²) in [7, 11) is 0. The molecule has 1 aliphatic heterocycles. The number of aryl methyl sites for hydroxylation is 1. The summed E-state index contributed by atoms with van der Waals surface area (Å²) < 4.78 is 1.73.